The SMILES string of the molecule is CC(=O)/C(C)=C\c1ccccc1Br. The highest BCUT2D eigenvalue weighted by Gasteiger charge is 1.98. The lowest BCUT2D eigenvalue weighted by Crippen LogP contribution is -1.90. The molecular formula is C11H11BrO. The minimum absolute atomic E-state index is 0.107. The highest BCUT2D eigenvalue weighted by atomic mass is 79.9. The van der Waals surface area contributed by atoms with Crippen molar-refractivity contribution >= 4 is 27.8 Å². The number of benzene rings is 1. The van der Waals surface area contributed by atoms with Gasteiger partial charge in [0, 0.05) is 4.47 Å². The van der Waals surface area contributed by atoms with Crippen LogP contribution in [0, 0.1) is 0 Å². The molecule has 0 radical (unpaired) electrons. The number of rotatable bonds is 2. The molecule has 0 aliphatic rings. The van der Waals surface area contributed by atoms with Crippen molar-refractivity contribution in [1.82, 2.24) is 0 Å². The molecule has 0 aliphatic carbocycles. The second-order valence-electron chi connectivity index (χ2n) is 2.91. The largest absolute Gasteiger partial charge is 0.295 e. The summed E-state index contributed by atoms with van der Waals surface area (Å²) in [6, 6.07) is 7.82. The second kappa shape index (κ2) is 4.38. The predicted octanol–water partition coefficient (Wildman–Crippen LogP) is 3.44. The van der Waals surface area contributed by atoms with Gasteiger partial charge in [-0.15, -0.1) is 0 Å². The summed E-state index contributed by atoms with van der Waals surface area (Å²) < 4.78 is 1.01. The summed E-state index contributed by atoms with van der Waals surface area (Å²) in [7, 11) is 0. The number of carbonyl (C=O) groups is 1. The van der Waals surface area contributed by atoms with Gasteiger partial charge < -0.3 is 0 Å². The summed E-state index contributed by atoms with van der Waals surface area (Å²) in [5.74, 6) is 0.107. The molecule has 68 valence electrons. The van der Waals surface area contributed by atoms with Gasteiger partial charge in [-0.25, -0.2) is 0 Å². The van der Waals surface area contributed by atoms with Gasteiger partial charge in [-0.05, 0) is 37.1 Å². The maximum absolute atomic E-state index is 11.0. The van der Waals surface area contributed by atoms with E-state index in [1.165, 1.54) is 0 Å². The lowest BCUT2D eigenvalue weighted by molar-refractivity contribution is -0.113. The van der Waals surface area contributed by atoms with Gasteiger partial charge >= 0.3 is 0 Å². The van der Waals surface area contributed by atoms with Crippen LogP contribution in [0.4, 0.5) is 0 Å². The average molecular weight is 239 g/mol. The summed E-state index contributed by atoms with van der Waals surface area (Å²) in [5, 5.41) is 0. The van der Waals surface area contributed by atoms with Gasteiger partial charge in [0.05, 0.1) is 0 Å². The fourth-order valence-electron chi connectivity index (χ4n) is 0.927. The zero-order valence-corrected chi connectivity index (χ0v) is 9.26. The van der Waals surface area contributed by atoms with E-state index in [1.807, 2.05) is 37.3 Å². The quantitative estimate of drug-likeness (QED) is 0.722. The third-order valence-electron chi connectivity index (χ3n) is 1.83. The Morgan fingerprint density at radius 2 is 1.92 bits per heavy atom. The molecule has 0 aromatic heterocycles. The monoisotopic (exact) mass is 238 g/mol. The van der Waals surface area contributed by atoms with Crippen molar-refractivity contribution in [1.29, 1.82) is 0 Å². The van der Waals surface area contributed by atoms with E-state index in [1.54, 1.807) is 6.92 Å². The van der Waals surface area contributed by atoms with Crippen molar-refractivity contribution in [2.45, 2.75) is 13.8 Å². The minimum atomic E-state index is 0.107. The van der Waals surface area contributed by atoms with E-state index in [0.717, 1.165) is 15.6 Å². The molecule has 2 heteroatoms. The summed E-state index contributed by atoms with van der Waals surface area (Å²) >= 11 is 3.42. The van der Waals surface area contributed by atoms with Gasteiger partial charge in [-0.1, -0.05) is 34.1 Å². The molecule has 0 heterocycles. The van der Waals surface area contributed by atoms with E-state index in [9.17, 15) is 4.79 Å². The first kappa shape index (κ1) is 10.2. The molecule has 0 saturated heterocycles. The molecule has 0 aliphatic heterocycles. The number of allylic oxidation sites excluding steroid dienone is 1. The van der Waals surface area contributed by atoms with Crippen LogP contribution in [0.2, 0.25) is 0 Å². The fraction of sp³-hybridized carbons (Fsp3) is 0.182. The maximum atomic E-state index is 11.0. The maximum Gasteiger partial charge on any atom is 0.155 e. The average Bonchev–Trinajstić information content (AvgIpc) is 2.08. The molecule has 0 bridgehead atoms. The molecular weight excluding hydrogens is 228 g/mol. The van der Waals surface area contributed by atoms with Gasteiger partial charge in [0.15, 0.2) is 5.78 Å². The Labute approximate surface area is 86.6 Å². The minimum Gasteiger partial charge on any atom is -0.295 e. The first-order valence-electron chi connectivity index (χ1n) is 4.05. The van der Waals surface area contributed by atoms with E-state index >= 15 is 0 Å². The van der Waals surface area contributed by atoms with E-state index < -0.39 is 0 Å². The number of Topliss-reactive ketones (excluding diaryl/α,β-unsaturated/α-hetero) is 1. The molecule has 1 aromatic rings. The Morgan fingerprint density at radius 3 is 2.46 bits per heavy atom. The molecule has 0 unspecified atom stereocenters. The number of hydrogen-bond acceptors (Lipinski definition) is 1. The zero-order valence-electron chi connectivity index (χ0n) is 7.67. The molecule has 1 nitrogen and oxygen atoms in total. The van der Waals surface area contributed by atoms with Gasteiger partial charge in [-0.3, -0.25) is 4.79 Å². The van der Waals surface area contributed by atoms with Crippen molar-refractivity contribution in [3.05, 3.63) is 39.9 Å². The second-order valence-corrected chi connectivity index (χ2v) is 3.76. The Bertz CT molecular complexity index is 353. The van der Waals surface area contributed by atoms with Crippen LogP contribution in [-0.4, -0.2) is 5.78 Å². The highest BCUT2D eigenvalue weighted by Crippen LogP contribution is 2.18. The summed E-state index contributed by atoms with van der Waals surface area (Å²) in [6.45, 7) is 3.39. The Balaban J connectivity index is 3.04. The van der Waals surface area contributed by atoms with Crippen molar-refractivity contribution in [3.63, 3.8) is 0 Å². The topological polar surface area (TPSA) is 17.1 Å². The van der Waals surface area contributed by atoms with E-state index in [-0.39, 0.29) is 5.78 Å². The molecule has 0 saturated carbocycles. The summed E-state index contributed by atoms with van der Waals surface area (Å²) in [6.07, 6.45) is 1.88. The molecule has 0 amide bonds. The normalized spacial score (nSPS) is 11.5. The lowest BCUT2D eigenvalue weighted by Gasteiger charge is -1.98. The molecule has 0 fully saturated rings. The van der Waals surface area contributed by atoms with E-state index in [4.69, 9.17) is 0 Å². The smallest absolute Gasteiger partial charge is 0.155 e. The van der Waals surface area contributed by atoms with Crippen molar-refractivity contribution in [2.75, 3.05) is 0 Å². The van der Waals surface area contributed by atoms with E-state index in [0.29, 0.717) is 0 Å². The third-order valence-corrected chi connectivity index (χ3v) is 2.55. The lowest BCUT2D eigenvalue weighted by atomic mass is 10.1. The van der Waals surface area contributed by atoms with Gasteiger partial charge in [0.2, 0.25) is 0 Å². The Kier molecular flexibility index (Phi) is 3.43. The molecule has 0 spiro atoms. The first-order chi connectivity index (χ1) is 6.11. The molecule has 13 heavy (non-hydrogen) atoms. The van der Waals surface area contributed by atoms with Crippen molar-refractivity contribution in [2.24, 2.45) is 0 Å². The Hall–Kier alpha value is -0.890. The standard InChI is InChI=1S/C11H11BrO/c1-8(9(2)13)7-10-5-3-4-6-11(10)12/h3-7H,1-2H3/b8-7-. The fourth-order valence-corrected chi connectivity index (χ4v) is 1.33. The Morgan fingerprint density at radius 1 is 1.31 bits per heavy atom. The number of halogens is 1. The van der Waals surface area contributed by atoms with Crippen LogP contribution >= 0.6 is 15.9 Å². The predicted molar refractivity (Wildman–Crippen MR) is 58.5 cm³/mol. The number of carbonyl (C=O) groups excluding carboxylic acids is 1. The number of ketones is 1. The number of hydrogen-bond donors (Lipinski definition) is 0. The van der Waals surface area contributed by atoms with Crippen LogP contribution < -0.4 is 0 Å². The summed E-state index contributed by atoms with van der Waals surface area (Å²) in [4.78, 5) is 11.0. The van der Waals surface area contributed by atoms with Crippen LogP contribution in [-0.2, 0) is 4.79 Å². The summed E-state index contributed by atoms with van der Waals surface area (Å²) in [5.41, 5.74) is 1.81. The van der Waals surface area contributed by atoms with Gasteiger partial charge in [-0.2, -0.15) is 0 Å². The van der Waals surface area contributed by atoms with Crippen LogP contribution in [0.3, 0.4) is 0 Å². The van der Waals surface area contributed by atoms with Crippen molar-refractivity contribution < 1.29 is 4.79 Å². The highest BCUT2D eigenvalue weighted by molar-refractivity contribution is 9.10. The van der Waals surface area contributed by atoms with E-state index in [2.05, 4.69) is 15.9 Å². The third kappa shape index (κ3) is 2.81. The molecule has 1 aromatic carbocycles. The van der Waals surface area contributed by atoms with Crippen molar-refractivity contribution in [3.8, 4) is 0 Å². The van der Waals surface area contributed by atoms with Gasteiger partial charge in [0.25, 0.3) is 0 Å². The zero-order chi connectivity index (χ0) is 9.84. The van der Waals surface area contributed by atoms with Crippen LogP contribution in [0.25, 0.3) is 6.08 Å². The van der Waals surface area contributed by atoms with Crippen LogP contribution in [0.5, 0.6) is 0 Å². The van der Waals surface area contributed by atoms with Crippen LogP contribution in [0.1, 0.15) is 19.4 Å². The molecule has 0 atom stereocenters. The van der Waals surface area contributed by atoms with Crippen LogP contribution in [0.15, 0.2) is 34.3 Å². The molecule has 1 rings (SSSR count). The first-order valence-corrected chi connectivity index (χ1v) is 4.84. The molecule has 0 N–H and O–H groups in total. The van der Waals surface area contributed by atoms with Gasteiger partial charge in [0.1, 0.15) is 0 Å².